The maximum absolute atomic E-state index is 12.7. The van der Waals surface area contributed by atoms with Crippen molar-refractivity contribution in [3.05, 3.63) is 53.1 Å². The number of hydrogen-bond acceptors (Lipinski definition) is 6. The molecule has 2 amide bonds. The second-order valence-electron chi connectivity index (χ2n) is 5.70. The van der Waals surface area contributed by atoms with E-state index in [1.165, 1.54) is 12.1 Å². The molecular weight excluding hydrogens is 338 g/mol. The van der Waals surface area contributed by atoms with Crippen LogP contribution in [0.2, 0.25) is 0 Å². The summed E-state index contributed by atoms with van der Waals surface area (Å²) < 4.78 is 16.3. The van der Waals surface area contributed by atoms with Crippen molar-refractivity contribution in [3.63, 3.8) is 0 Å². The van der Waals surface area contributed by atoms with Gasteiger partial charge in [-0.15, -0.1) is 0 Å². The number of hydrogen-bond donors (Lipinski definition) is 0. The van der Waals surface area contributed by atoms with Crippen molar-refractivity contribution in [2.75, 3.05) is 24.7 Å². The highest BCUT2D eigenvalue weighted by molar-refractivity contribution is 6.35. The largest absolute Gasteiger partial charge is 0.485 e. The van der Waals surface area contributed by atoms with Crippen molar-refractivity contribution in [1.29, 1.82) is 0 Å². The summed E-state index contributed by atoms with van der Waals surface area (Å²) in [6.07, 6.45) is 0. The molecule has 0 aromatic heterocycles. The number of carbonyl (C=O) groups excluding carboxylic acids is 3. The second-order valence-corrected chi connectivity index (χ2v) is 5.70. The summed E-state index contributed by atoms with van der Waals surface area (Å²) in [5, 5.41) is 0. The Balaban J connectivity index is 1.83. The first-order chi connectivity index (χ1) is 12.6. The van der Waals surface area contributed by atoms with E-state index in [1.807, 2.05) is 0 Å². The summed E-state index contributed by atoms with van der Waals surface area (Å²) in [5.74, 6) is -1.06. The molecule has 0 saturated carbocycles. The number of imide groups is 1. The molecule has 4 rings (SSSR count). The van der Waals surface area contributed by atoms with Crippen LogP contribution in [0.15, 0.2) is 36.4 Å². The first kappa shape index (κ1) is 16.1. The fraction of sp³-hybridized carbons (Fsp3) is 0.211. The van der Waals surface area contributed by atoms with Crippen molar-refractivity contribution in [2.45, 2.75) is 6.92 Å². The minimum Gasteiger partial charge on any atom is -0.485 e. The molecule has 7 nitrogen and oxygen atoms in total. The molecule has 0 spiro atoms. The van der Waals surface area contributed by atoms with E-state index in [0.717, 1.165) is 4.90 Å². The Bertz CT molecular complexity index is 901. The summed E-state index contributed by atoms with van der Waals surface area (Å²) in [7, 11) is 0. The van der Waals surface area contributed by atoms with Gasteiger partial charge in [0.2, 0.25) is 0 Å². The van der Waals surface area contributed by atoms with Gasteiger partial charge in [0.25, 0.3) is 11.8 Å². The van der Waals surface area contributed by atoms with Gasteiger partial charge in [-0.25, -0.2) is 9.69 Å². The van der Waals surface area contributed by atoms with E-state index in [0.29, 0.717) is 11.1 Å². The van der Waals surface area contributed by atoms with Crippen LogP contribution in [-0.2, 0) is 4.74 Å². The third-order valence-corrected chi connectivity index (χ3v) is 4.20. The molecule has 7 heteroatoms. The zero-order chi connectivity index (χ0) is 18.3. The Hall–Kier alpha value is -3.35. The predicted octanol–water partition coefficient (Wildman–Crippen LogP) is 2.44. The zero-order valence-electron chi connectivity index (χ0n) is 14.0. The van der Waals surface area contributed by atoms with Crippen molar-refractivity contribution in [2.24, 2.45) is 0 Å². The number of anilines is 1. The SMILES string of the molecule is CCOC(=O)c1ccc(N2C(=O)c3ccccc3C2=O)c2c1OCCO2. The molecule has 2 aliphatic heterocycles. The van der Waals surface area contributed by atoms with Gasteiger partial charge in [-0.1, -0.05) is 12.1 Å². The normalized spacial score (nSPS) is 15.0. The molecule has 132 valence electrons. The van der Waals surface area contributed by atoms with Gasteiger partial charge in [-0.2, -0.15) is 0 Å². The minimum atomic E-state index is -0.553. The van der Waals surface area contributed by atoms with Crippen LogP contribution in [0.5, 0.6) is 11.5 Å². The van der Waals surface area contributed by atoms with E-state index >= 15 is 0 Å². The van der Waals surface area contributed by atoms with Gasteiger partial charge in [0, 0.05) is 0 Å². The number of nitrogens with zero attached hydrogens (tertiary/aromatic N) is 1. The van der Waals surface area contributed by atoms with Crippen LogP contribution in [0.4, 0.5) is 5.69 Å². The Morgan fingerprint density at radius 3 is 2.23 bits per heavy atom. The van der Waals surface area contributed by atoms with Gasteiger partial charge in [0.1, 0.15) is 18.8 Å². The topological polar surface area (TPSA) is 82.1 Å². The van der Waals surface area contributed by atoms with Crippen molar-refractivity contribution in [1.82, 2.24) is 0 Å². The number of ether oxygens (including phenoxy) is 3. The van der Waals surface area contributed by atoms with Crippen LogP contribution in [0.25, 0.3) is 0 Å². The van der Waals surface area contributed by atoms with Gasteiger partial charge in [0.15, 0.2) is 11.5 Å². The van der Waals surface area contributed by atoms with Gasteiger partial charge in [-0.3, -0.25) is 9.59 Å². The molecule has 0 unspecified atom stereocenters. The quantitative estimate of drug-likeness (QED) is 0.623. The lowest BCUT2D eigenvalue weighted by Crippen LogP contribution is -2.31. The number of fused-ring (bicyclic) bond motifs is 2. The molecule has 2 aromatic carbocycles. The van der Waals surface area contributed by atoms with Crippen molar-refractivity contribution < 1.29 is 28.6 Å². The first-order valence-corrected chi connectivity index (χ1v) is 8.21. The third kappa shape index (κ3) is 2.32. The lowest BCUT2D eigenvalue weighted by molar-refractivity contribution is 0.0516. The Kier molecular flexibility index (Phi) is 3.84. The van der Waals surface area contributed by atoms with Crippen LogP contribution in [0.3, 0.4) is 0 Å². The number of esters is 1. The summed E-state index contributed by atoms with van der Waals surface area (Å²) in [6, 6.07) is 9.59. The number of carbonyl (C=O) groups is 3. The predicted molar refractivity (Wildman–Crippen MR) is 91.0 cm³/mol. The first-order valence-electron chi connectivity index (χ1n) is 8.21. The van der Waals surface area contributed by atoms with E-state index in [1.54, 1.807) is 31.2 Å². The standard InChI is InChI=1S/C19H15NO6/c1-2-24-19(23)13-7-8-14(16-15(13)25-9-10-26-16)20-17(21)11-5-3-4-6-12(11)18(20)22/h3-8H,2,9-10H2,1H3. The monoisotopic (exact) mass is 353 g/mol. The summed E-state index contributed by atoms with van der Waals surface area (Å²) in [4.78, 5) is 38.7. The minimum absolute atomic E-state index is 0.184. The Morgan fingerprint density at radius 1 is 1.00 bits per heavy atom. The second kappa shape index (κ2) is 6.18. The highest BCUT2D eigenvalue weighted by Gasteiger charge is 2.39. The summed E-state index contributed by atoms with van der Waals surface area (Å²) >= 11 is 0. The Morgan fingerprint density at radius 2 is 1.62 bits per heavy atom. The molecule has 0 fully saturated rings. The highest BCUT2D eigenvalue weighted by atomic mass is 16.6. The fourth-order valence-corrected chi connectivity index (χ4v) is 3.08. The van der Waals surface area contributed by atoms with E-state index in [4.69, 9.17) is 14.2 Å². The van der Waals surface area contributed by atoms with Gasteiger partial charge in [0.05, 0.1) is 23.4 Å². The average Bonchev–Trinajstić information content (AvgIpc) is 2.92. The molecule has 0 saturated heterocycles. The summed E-state index contributed by atoms with van der Waals surface area (Å²) in [5.41, 5.74) is 1.11. The molecule has 2 aliphatic rings. The van der Waals surface area contributed by atoms with E-state index in [-0.39, 0.29) is 42.6 Å². The average molecular weight is 353 g/mol. The molecular formula is C19H15NO6. The molecule has 0 radical (unpaired) electrons. The van der Waals surface area contributed by atoms with E-state index in [9.17, 15) is 14.4 Å². The van der Waals surface area contributed by atoms with Crippen molar-refractivity contribution >= 4 is 23.5 Å². The fourth-order valence-electron chi connectivity index (χ4n) is 3.08. The molecule has 0 bridgehead atoms. The molecule has 2 heterocycles. The highest BCUT2D eigenvalue weighted by Crippen LogP contribution is 2.44. The van der Waals surface area contributed by atoms with Crippen LogP contribution >= 0.6 is 0 Å². The smallest absolute Gasteiger partial charge is 0.342 e. The Labute approximate surface area is 149 Å². The lowest BCUT2D eigenvalue weighted by atomic mass is 10.1. The lowest BCUT2D eigenvalue weighted by Gasteiger charge is -2.25. The van der Waals surface area contributed by atoms with Gasteiger partial charge >= 0.3 is 5.97 Å². The maximum atomic E-state index is 12.7. The summed E-state index contributed by atoms with van der Waals surface area (Å²) in [6.45, 7) is 2.42. The van der Waals surface area contributed by atoms with Crippen molar-refractivity contribution in [3.8, 4) is 11.5 Å². The van der Waals surface area contributed by atoms with E-state index in [2.05, 4.69) is 0 Å². The van der Waals surface area contributed by atoms with Gasteiger partial charge in [-0.05, 0) is 31.2 Å². The molecule has 2 aromatic rings. The maximum Gasteiger partial charge on any atom is 0.342 e. The molecule has 26 heavy (non-hydrogen) atoms. The van der Waals surface area contributed by atoms with Gasteiger partial charge < -0.3 is 14.2 Å². The van der Waals surface area contributed by atoms with Crippen LogP contribution in [-0.4, -0.2) is 37.6 Å². The molecule has 0 aliphatic carbocycles. The van der Waals surface area contributed by atoms with Crippen LogP contribution < -0.4 is 14.4 Å². The third-order valence-electron chi connectivity index (χ3n) is 4.20. The van der Waals surface area contributed by atoms with E-state index < -0.39 is 17.8 Å². The molecule has 0 N–H and O–H groups in total. The zero-order valence-corrected chi connectivity index (χ0v) is 14.0. The number of benzene rings is 2. The van der Waals surface area contributed by atoms with Crippen LogP contribution in [0.1, 0.15) is 38.0 Å². The number of amides is 2. The number of rotatable bonds is 3. The van der Waals surface area contributed by atoms with Crippen LogP contribution in [0, 0.1) is 0 Å². The molecule has 0 atom stereocenters.